The minimum Gasteiger partial charge on any atom is -0.494 e. The molecule has 0 spiro atoms. The van der Waals surface area contributed by atoms with E-state index in [-0.39, 0.29) is 11.3 Å². The number of nitrogens with one attached hydrogen (secondary N) is 1. The van der Waals surface area contributed by atoms with E-state index in [1.807, 2.05) is 57.2 Å². The summed E-state index contributed by atoms with van der Waals surface area (Å²) in [6.45, 7) is 6.36. The number of rotatable bonds is 9. The lowest BCUT2D eigenvalue weighted by atomic mass is 10.1. The van der Waals surface area contributed by atoms with Crippen LogP contribution in [0.15, 0.2) is 94.2 Å². The van der Waals surface area contributed by atoms with Crippen molar-refractivity contribution >= 4 is 35.1 Å². The number of carbonyl (C=O) groups is 1. The second-order valence-electron chi connectivity index (χ2n) is 8.59. The first-order chi connectivity index (χ1) is 18.8. The molecule has 1 N–H and O–H groups in total. The quantitative estimate of drug-likeness (QED) is 0.105. The molecule has 0 saturated carbocycles. The topological polar surface area (TPSA) is 110 Å². The molecule has 0 bridgehead atoms. The molecule has 0 aliphatic rings. The molecular weight excluding hydrogens is 512 g/mol. The predicted octanol–water partition coefficient (Wildman–Crippen LogP) is 7.10. The molecule has 196 valence electrons. The maximum Gasteiger partial charge on any atom is 0.269 e. The monoisotopic (exact) mass is 538 g/mol. The number of non-ortho nitro benzene ring substituents is 1. The van der Waals surface area contributed by atoms with E-state index in [2.05, 4.69) is 9.88 Å². The number of nitro groups is 1. The normalized spacial score (nSPS) is 11.1. The van der Waals surface area contributed by atoms with E-state index in [0.717, 1.165) is 32.4 Å². The Morgan fingerprint density at radius 1 is 1.05 bits per heavy atom. The first kappa shape index (κ1) is 27.2. The number of aromatic nitrogens is 1. The Morgan fingerprint density at radius 3 is 2.23 bits per heavy atom. The summed E-state index contributed by atoms with van der Waals surface area (Å²) >= 11 is 1.51. The highest BCUT2D eigenvalue weighted by Gasteiger charge is 2.14. The van der Waals surface area contributed by atoms with Gasteiger partial charge in [-0.2, -0.15) is 5.26 Å². The van der Waals surface area contributed by atoms with Crippen molar-refractivity contribution < 1.29 is 14.5 Å². The number of carbonyl (C=O) groups excluding carboxylic acids is 1. The molecule has 3 aromatic carbocycles. The van der Waals surface area contributed by atoms with Crippen LogP contribution in [0.1, 0.15) is 23.9 Å². The maximum atomic E-state index is 12.8. The summed E-state index contributed by atoms with van der Waals surface area (Å²) in [6.07, 6.45) is 1.60. The SMILES string of the molecule is CCOc1ccc(NC(=O)/C(C#N)=C\c2cc(C)n(-c3ccc(Sc4ccc([N+](=O)[O-])cc4)cc3)c2C)cc1. The Bertz CT molecular complexity index is 1570. The van der Waals surface area contributed by atoms with Crippen LogP contribution in [0, 0.1) is 35.3 Å². The number of ether oxygens (including phenoxy) is 1. The van der Waals surface area contributed by atoms with Crippen LogP contribution in [0.5, 0.6) is 5.75 Å². The van der Waals surface area contributed by atoms with E-state index >= 15 is 0 Å². The van der Waals surface area contributed by atoms with Crippen LogP contribution < -0.4 is 10.1 Å². The summed E-state index contributed by atoms with van der Waals surface area (Å²) in [6, 6.07) is 25.3. The van der Waals surface area contributed by atoms with Crippen molar-refractivity contribution in [1.29, 1.82) is 5.26 Å². The van der Waals surface area contributed by atoms with Crippen LogP contribution >= 0.6 is 11.8 Å². The molecule has 39 heavy (non-hydrogen) atoms. The zero-order valence-corrected chi connectivity index (χ0v) is 22.5. The van der Waals surface area contributed by atoms with Gasteiger partial charge in [0.1, 0.15) is 17.4 Å². The number of amides is 1. The standard InChI is InChI=1S/C30H26N4O4S/c1-4-38-27-11-5-24(6-12-27)32-30(35)23(19-31)18-22-17-20(2)33(21(22)3)25-7-13-28(14-8-25)39-29-15-9-26(10-16-29)34(36)37/h5-18H,4H2,1-3H3,(H,32,35)/b23-18-. The van der Waals surface area contributed by atoms with Crippen LogP contribution in [0.3, 0.4) is 0 Å². The number of benzene rings is 3. The van der Waals surface area contributed by atoms with Gasteiger partial charge in [-0.1, -0.05) is 11.8 Å². The van der Waals surface area contributed by atoms with E-state index in [9.17, 15) is 20.2 Å². The van der Waals surface area contributed by atoms with Crippen LogP contribution in [0.25, 0.3) is 11.8 Å². The third-order valence-electron chi connectivity index (χ3n) is 5.94. The van der Waals surface area contributed by atoms with Crippen molar-refractivity contribution in [1.82, 2.24) is 4.57 Å². The van der Waals surface area contributed by atoms with Gasteiger partial charge in [0.25, 0.3) is 11.6 Å². The molecule has 0 fully saturated rings. The second kappa shape index (κ2) is 12.2. The molecule has 1 amide bonds. The average Bonchev–Trinajstić information content (AvgIpc) is 3.21. The van der Waals surface area contributed by atoms with Crippen LogP contribution in [-0.2, 0) is 4.79 Å². The zero-order valence-electron chi connectivity index (χ0n) is 21.7. The van der Waals surface area contributed by atoms with Crippen molar-refractivity contribution in [2.24, 2.45) is 0 Å². The summed E-state index contributed by atoms with van der Waals surface area (Å²) in [5, 5.41) is 23.3. The van der Waals surface area contributed by atoms with E-state index < -0.39 is 10.8 Å². The molecule has 4 rings (SSSR count). The molecule has 8 nitrogen and oxygen atoms in total. The molecule has 1 aromatic heterocycles. The van der Waals surface area contributed by atoms with Gasteiger partial charge < -0.3 is 14.6 Å². The van der Waals surface area contributed by atoms with Crippen LogP contribution in [-0.4, -0.2) is 22.0 Å². The van der Waals surface area contributed by atoms with Gasteiger partial charge in [0.2, 0.25) is 0 Å². The largest absolute Gasteiger partial charge is 0.494 e. The lowest BCUT2D eigenvalue weighted by Gasteiger charge is -2.11. The van der Waals surface area contributed by atoms with Gasteiger partial charge in [0.05, 0.1) is 11.5 Å². The molecule has 0 aliphatic heterocycles. The first-order valence-corrected chi connectivity index (χ1v) is 13.0. The third-order valence-corrected chi connectivity index (χ3v) is 6.95. The molecular formula is C30H26N4O4S. The lowest BCUT2D eigenvalue weighted by molar-refractivity contribution is -0.384. The first-order valence-electron chi connectivity index (χ1n) is 12.2. The molecule has 0 atom stereocenters. The molecule has 9 heteroatoms. The fraction of sp³-hybridized carbons (Fsp3) is 0.133. The van der Waals surface area contributed by atoms with Gasteiger partial charge in [-0.3, -0.25) is 14.9 Å². The summed E-state index contributed by atoms with van der Waals surface area (Å²) in [7, 11) is 0. The van der Waals surface area contributed by atoms with Crippen molar-refractivity contribution in [3.8, 4) is 17.5 Å². The Balaban J connectivity index is 1.50. The van der Waals surface area contributed by atoms with Crippen molar-refractivity contribution in [3.63, 3.8) is 0 Å². The van der Waals surface area contributed by atoms with Crippen molar-refractivity contribution in [3.05, 3.63) is 112 Å². The van der Waals surface area contributed by atoms with Gasteiger partial charge in [0.15, 0.2) is 0 Å². The van der Waals surface area contributed by atoms with E-state index in [1.165, 1.54) is 23.9 Å². The highest BCUT2D eigenvalue weighted by molar-refractivity contribution is 7.99. The zero-order chi connectivity index (χ0) is 27.9. The highest BCUT2D eigenvalue weighted by Crippen LogP contribution is 2.31. The fourth-order valence-corrected chi connectivity index (χ4v) is 4.89. The summed E-state index contributed by atoms with van der Waals surface area (Å²) in [4.78, 5) is 25.1. The minimum absolute atomic E-state index is 0.000944. The summed E-state index contributed by atoms with van der Waals surface area (Å²) < 4.78 is 7.48. The van der Waals surface area contributed by atoms with E-state index in [1.54, 1.807) is 42.5 Å². The van der Waals surface area contributed by atoms with Crippen LogP contribution in [0.2, 0.25) is 0 Å². The number of nitriles is 1. The number of anilines is 1. The maximum absolute atomic E-state index is 12.8. The number of aryl methyl sites for hydroxylation is 1. The lowest BCUT2D eigenvalue weighted by Crippen LogP contribution is -2.13. The third kappa shape index (κ3) is 6.55. The number of nitro benzene ring substituents is 1. The highest BCUT2D eigenvalue weighted by atomic mass is 32.2. The molecule has 4 aromatic rings. The average molecular weight is 539 g/mol. The van der Waals surface area contributed by atoms with Gasteiger partial charge in [-0.05, 0) is 99.1 Å². The number of hydrogen-bond acceptors (Lipinski definition) is 6. The Kier molecular flexibility index (Phi) is 8.49. The van der Waals surface area contributed by atoms with Gasteiger partial charge >= 0.3 is 0 Å². The predicted molar refractivity (Wildman–Crippen MR) is 152 cm³/mol. The Labute approximate surface area is 230 Å². The Hall–Kier alpha value is -4.81. The fourth-order valence-electron chi connectivity index (χ4n) is 4.07. The number of hydrogen-bond donors (Lipinski definition) is 1. The molecule has 0 saturated heterocycles. The van der Waals surface area contributed by atoms with Gasteiger partial charge in [-0.15, -0.1) is 0 Å². The van der Waals surface area contributed by atoms with E-state index in [0.29, 0.717) is 18.0 Å². The minimum atomic E-state index is -0.487. The summed E-state index contributed by atoms with van der Waals surface area (Å²) in [5.41, 5.74) is 4.20. The molecule has 1 heterocycles. The van der Waals surface area contributed by atoms with Crippen LogP contribution in [0.4, 0.5) is 11.4 Å². The van der Waals surface area contributed by atoms with Gasteiger partial charge in [-0.25, -0.2) is 0 Å². The Morgan fingerprint density at radius 2 is 1.67 bits per heavy atom. The summed E-state index contributed by atoms with van der Waals surface area (Å²) in [5.74, 6) is 0.219. The van der Waals surface area contributed by atoms with E-state index in [4.69, 9.17) is 4.74 Å². The molecule has 0 unspecified atom stereocenters. The van der Waals surface area contributed by atoms with Crippen molar-refractivity contribution in [2.75, 3.05) is 11.9 Å². The molecule has 0 aliphatic carbocycles. The van der Waals surface area contributed by atoms with Gasteiger partial charge in [0, 0.05) is 44.7 Å². The molecule has 0 radical (unpaired) electrons. The second-order valence-corrected chi connectivity index (χ2v) is 9.74. The number of nitrogens with zero attached hydrogens (tertiary/aromatic N) is 3. The van der Waals surface area contributed by atoms with Crippen molar-refractivity contribution in [2.45, 2.75) is 30.6 Å². The smallest absolute Gasteiger partial charge is 0.269 e.